The van der Waals surface area contributed by atoms with E-state index in [0.29, 0.717) is 30.3 Å². The van der Waals surface area contributed by atoms with E-state index in [1.165, 1.54) is 0 Å². The molecule has 3 saturated heterocycles. The van der Waals surface area contributed by atoms with Crippen molar-refractivity contribution in [3.63, 3.8) is 0 Å². The number of nitrogens with one attached hydrogen (secondary N) is 2. The number of rotatable bonds is 6. The molecular weight excluding hydrogens is 558 g/mol. The van der Waals surface area contributed by atoms with Gasteiger partial charge in [-0.25, -0.2) is 19.4 Å². The standard InChI is InChI=1S/C32H37N9O3/c1-20(2)31(42)39-14-11-24(12-15-39)41-30-27(17-34-41)29(40-18-25-9-10-26(19-40)44-25)37-28(38-30)21-5-7-22(8-6-21)35-32(43)36-23-4-3-13-33-16-23/h3-8,13,16-17,20,24-26H,9-12,14-15,18-19H2,1-2H3,(H2,35,36,43). The highest BCUT2D eigenvalue weighted by molar-refractivity contribution is 5.99. The van der Waals surface area contributed by atoms with Crippen molar-refractivity contribution in [1.82, 2.24) is 29.6 Å². The number of carbonyl (C=O) groups excluding carboxylic acids is 2. The van der Waals surface area contributed by atoms with E-state index in [2.05, 4.69) is 20.5 Å². The van der Waals surface area contributed by atoms with Gasteiger partial charge in [0.2, 0.25) is 5.91 Å². The Bertz CT molecular complexity index is 1640. The number of amides is 3. The second kappa shape index (κ2) is 11.8. The molecule has 7 rings (SSSR count). The van der Waals surface area contributed by atoms with Crippen LogP contribution < -0.4 is 15.5 Å². The molecule has 3 aromatic heterocycles. The summed E-state index contributed by atoms with van der Waals surface area (Å²) in [7, 11) is 0. The normalized spacial score (nSPS) is 20.3. The first kappa shape index (κ1) is 28.2. The summed E-state index contributed by atoms with van der Waals surface area (Å²) >= 11 is 0. The number of hydrogen-bond donors (Lipinski definition) is 2. The maximum Gasteiger partial charge on any atom is 0.323 e. The van der Waals surface area contributed by atoms with Crippen LogP contribution in [0.25, 0.3) is 22.4 Å². The highest BCUT2D eigenvalue weighted by Crippen LogP contribution is 2.35. The number of benzene rings is 1. The molecule has 1 aromatic carbocycles. The smallest absolute Gasteiger partial charge is 0.323 e. The summed E-state index contributed by atoms with van der Waals surface area (Å²) in [6, 6.07) is 10.9. The number of pyridine rings is 1. The Morgan fingerprint density at radius 1 is 0.909 bits per heavy atom. The number of anilines is 3. The number of nitrogens with zero attached hydrogens (tertiary/aromatic N) is 7. The van der Waals surface area contributed by atoms with Crippen molar-refractivity contribution in [2.24, 2.45) is 5.92 Å². The topological polar surface area (TPSA) is 130 Å². The molecule has 3 fully saturated rings. The quantitative estimate of drug-likeness (QED) is 0.328. The first-order valence-corrected chi connectivity index (χ1v) is 15.4. The lowest BCUT2D eigenvalue weighted by molar-refractivity contribution is -0.135. The predicted molar refractivity (Wildman–Crippen MR) is 167 cm³/mol. The van der Waals surface area contributed by atoms with Gasteiger partial charge < -0.3 is 25.2 Å². The van der Waals surface area contributed by atoms with Gasteiger partial charge in [-0.2, -0.15) is 5.10 Å². The molecule has 44 heavy (non-hydrogen) atoms. The zero-order valence-electron chi connectivity index (χ0n) is 25.0. The largest absolute Gasteiger partial charge is 0.371 e. The Balaban J connectivity index is 1.17. The lowest BCUT2D eigenvalue weighted by Gasteiger charge is -2.34. The van der Waals surface area contributed by atoms with E-state index in [9.17, 15) is 9.59 Å². The summed E-state index contributed by atoms with van der Waals surface area (Å²) < 4.78 is 8.16. The van der Waals surface area contributed by atoms with E-state index >= 15 is 0 Å². The molecule has 12 nitrogen and oxygen atoms in total. The van der Waals surface area contributed by atoms with Crippen LogP contribution in [0.3, 0.4) is 0 Å². The number of urea groups is 1. The van der Waals surface area contributed by atoms with Crippen molar-refractivity contribution < 1.29 is 14.3 Å². The monoisotopic (exact) mass is 595 g/mol. The van der Waals surface area contributed by atoms with Crippen LogP contribution in [-0.2, 0) is 9.53 Å². The molecule has 0 saturated carbocycles. The molecule has 228 valence electrons. The van der Waals surface area contributed by atoms with E-state index in [1.54, 1.807) is 24.5 Å². The highest BCUT2D eigenvalue weighted by atomic mass is 16.5. The van der Waals surface area contributed by atoms with Crippen molar-refractivity contribution in [2.75, 3.05) is 41.7 Å². The van der Waals surface area contributed by atoms with Crippen LogP contribution in [0, 0.1) is 5.92 Å². The number of hydrogen-bond acceptors (Lipinski definition) is 8. The van der Waals surface area contributed by atoms with Crippen molar-refractivity contribution >= 4 is 40.2 Å². The molecule has 2 bridgehead atoms. The van der Waals surface area contributed by atoms with Gasteiger partial charge >= 0.3 is 6.03 Å². The van der Waals surface area contributed by atoms with Gasteiger partial charge in [0, 0.05) is 49.5 Å². The molecule has 2 atom stereocenters. The van der Waals surface area contributed by atoms with Crippen molar-refractivity contribution in [3.05, 3.63) is 55.0 Å². The van der Waals surface area contributed by atoms with Gasteiger partial charge in [0.15, 0.2) is 11.5 Å². The van der Waals surface area contributed by atoms with E-state index in [1.807, 2.05) is 53.9 Å². The van der Waals surface area contributed by atoms with Crippen LogP contribution in [0.1, 0.15) is 45.6 Å². The lowest BCUT2D eigenvalue weighted by atomic mass is 10.0. The SMILES string of the molecule is CC(C)C(=O)N1CCC(n2ncc3c(N4CC5CCC(C4)O5)nc(-c4ccc(NC(=O)Nc5cccnc5)cc4)nc32)CC1. The van der Waals surface area contributed by atoms with E-state index in [-0.39, 0.29) is 36.1 Å². The minimum atomic E-state index is -0.349. The summed E-state index contributed by atoms with van der Waals surface area (Å²) in [5.41, 5.74) is 2.90. The minimum absolute atomic E-state index is 0.00380. The first-order chi connectivity index (χ1) is 21.4. The van der Waals surface area contributed by atoms with Gasteiger partial charge in [-0.15, -0.1) is 0 Å². The molecule has 0 radical (unpaired) electrons. The summed E-state index contributed by atoms with van der Waals surface area (Å²) in [5, 5.41) is 11.4. The van der Waals surface area contributed by atoms with Gasteiger partial charge in [-0.3, -0.25) is 9.78 Å². The fourth-order valence-electron chi connectivity index (χ4n) is 6.46. The van der Waals surface area contributed by atoms with Gasteiger partial charge in [-0.05, 0) is 62.1 Å². The van der Waals surface area contributed by atoms with Crippen LogP contribution >= 0.6 is 0 Å². The first-order valence-electron chi connectivity index (χ1n) is 15.4. The van der Waals surface area contributed by atoms with E-state index in [0.717, 1.165) is 61.2 Å². The molecule has 6 heterocycles. The zero-order chi connectivity index (χ0) is 30.2. The van der Waals surface area contributed by atoms with Crippen molar-refractivity contribution in [2.45, 2.75) is 57.8 Å². The number of carbonyl (C=O) groups is 2. The maximum atomic E-state index is 12.6. The maximum absolute atomic E-state index is 12.6. The molecule has 2 unspecified atom stereocenters. The average molecular weight is 596 g/mol. The number of likely N-dealkylation sites (tertiary alicyclic amines) is 1. The summed E-state index contributed by atoms with van der Waals surface area (Å²) in [6.45, 7) is 6.91. The highest BCUT2D eigenvalue weighted by Gasteiger charge is 2.36. The molecule has 2 N–H and O–H groups in total. The Kier molecular flexibility index (Phi) is 7.59. The third-order valence-electron chi connectivity index (χ3n) is 8.71. The molecule has 12 heteroatoms. The Morgan fingerprint density at radius 2 is 1.64 bits per heavy atom. The summed E-state index contributed by atoms with van der Waals surface area (Å²) in [5.74, 6) is 1.68. The summed E-state index contributed by atoms with van der Waals surface area (Å²) in [6.07, 6.45) is 9.35. The van der Waals surface area contributed by atoms with Crippen LogP contribution in [0.2, 0.25) is 0 Å². The van der Waals surface area contributed by atoms with Crippen LogP contribution in [-0.4, -0.2) is 80.0 Å². The van der Waals surface area contributed by atoms with Crippen LogP contribution in [0.4, 0.5) is 22.0 Å². The second-order valence-electron chi connectivity index (χ2n) is 12.2. The third-order valence-corrected chi connectivity index (χ3v) is 8.71. The molecular formula is C32H37N9O3. The molecule has 3 amide bonds. The number of aromatic nitrogens is 5. The Morgan fingerprint density at radius 3 is 2.32 bits per heavy atom. The Hall–Kier alpha value is -4.58. The van der Waals surface area contributed by atoms with Gasteiger partial charge in [0.1, 0.15) is 5.82 Å². The number of fused-ring (bicyclic) bond motifs is 3. The number of morpholine rings is 1. The van der Waals surface area contributed by atoms with Crippen molar-refractivity contribution in [1.29, 1.82) is 0 Å². The fourth-order valence-corrected chi connectivity index (χ4v) is 6.46. The third kappa shape index (κ3) is 5.69. The molecule has 0 aliphatic carbocycles. The fraction of sp³-hybridized carbons (Fsp3) is 0.438. The minimum Gasteiger partial charge on any atom is -0.371 e. The van der Waals surface area contributed by atoms with Gasteiger partial charge in [-0.1, -0.05) is 13.8 Å². The van der Waals surface area contributed by atoms with Crippen LogP contribution in [0.5, 0.6) is 0 Å². The van der Waals surface area contributed by atoms with Gasteiger partial charge in [0.05, 0.1) is 41.7 Å². The number of piperidine rings is 1. The van der Waals surface area contributed by atoms with Gasteiger partial charge in [0.25, 0.3) is 0 Å². The van der Waals surface area contributed by atoms with E-state index in [4.69, 9.17) is 19.8 Å². The average Bonchev–Trinajstić information content (AvgIpc) is 3.63. The van der Waals surface area contributed by atoms with Crippen LogP contribution in [0.15, 0.2) is 55.0 Å². The molecule has 0 spiro atoms. The number of ether oxygens (including phenoxy) is 1. The zero-order valence-corrected chi connectivity index (χ0v) is 25.0. The predicted octanol–water partition coefficient (Wildman–Crippen LogP) is 4.72. The molecule has 3 aliphatic heterocycles. The molecule has 3 aliphatic rings. The van der Waals surface area contributed by atoms with Crippen molar-refractivity contribution in [3.8, 4) is 11.4 Å². The Labute approximate surface area is 255 Å². The van der Waals surface area contributed by atoms with E-state index < -0.39 is 0 Å². The lowest BCUT2D eigenvalue weighted by Crippen LogP contribution is -2.43. The second-order valence-corrected chi connectivity index (χ2v) is 12.2. The molecule has 4 aromatic rings. The summed E-state index contributed by atoms with van der Waals surface area (Å²) in [4.78, 5) is 43.6.